The molecule has 0 unspecified atom stereocenters. The summed E-state index contributed by atoms with van der Waals surface area (Å²) in [6, 6.07) is 11.7. The number of ether oxygens (including phenoxy) is 1. The lowest BCUT2D eigenvalue weighted by molar-refractivity contribution is -0.137. The van der Waals surface area contributed by atoms with Crippen LogP contribution in [-0.2, 0) is 6.18 Å². The second kappa shape index (κ2) is 6.65. The van der Waals surface area contributed by atoms with Crippen molar-refractivity contribution in [1.82, 2.24) is 4.98 Å². The third-order valence-corrected chi connectivity index (χ3v) is 3.32. The average molecular weight is 299 g/mol. The molecular weight excluding hydrogens is 287 g/mol. The highest BCUT2D eigenvalue weighted by atomic mass is 32.2. The van der Waals surface area contributed by atoms with Gasteiger partial charge >= 0.3 is 6.18 Å². The monoisotopic (exact) mass is 299 g/mol. The van der Waals surface area contributed by atoms with Crippen LogP contribution in [0.1, 0.15) is 5.56 Å². The van der Waals surface area contributed by atoms with Gasteiger partial charge in [-0.3, -0.25) is 0 Å². The van der Waals surface area contributed by atoms with Crippen molar-refractivity contribution in [3.05, 3.63) is 54.2 Å². The Balaban J connectivity index is 1.77. The largest absolute Gasteiger partial charge is 0.493 e. The number of aromatic nitrogens is 1. The number of pyridine rings is 1. The van der Waals surface area contributed by atoms with Crippen molar-refractivity contribution in [2.24, 2.45) is 0 Å². The summed E-state index contributed by atoms with van der Waals surface area (Å²) in [6.07, 6.45) is -3.49. The van der Waals surface area contributed by atoms with Crippen LogP contribution in [0, 0.1) is 0 Å². The molecule has 0 radical (unpaired) electrons. The van der Waals surface area contributed by atoms with Crippen LogP contribution in [0.3, 0.4) is 0 Å². The van der Waals surface area contributed by atoms with Crippen LogP contribution in [0.15, 0.2) is 53.7 Å². The van der Waals surface area contributed by atoms with E-state index in [9.17, 15) is 13.2 Å². The summed E-state index contributed by atoms with van der Waals surface area (Å²) in [4.78, 5) is 3.78. The van der Waals surface area contributed by atoms with Gasteiger partial charge in [0.1, 0.15) is 5.75 Å². The first-order valence-electron chi connectivity index (χ1n) is 5.89. The predicted octanol–water partition coefficient (Wildman–Crippen LogP) is 4.27. The highest BCUT2D eigenvalue weighted by Gasteiger charge is 2.30. The van der Waals surface area contributed by atoms with Crippen molar-refractivity contribution < 1.29 is 17.9 Å². The van der Waals surface area contributed by atoms with Crippen molar-refractivity contribution in [3.8, 4) is 5.75 Å². The van der Waals surface area contributed by atoms with E-state index in [-0.39, 0.29) is 0 Å². The number of para-hydroxylation sites is 1. The Hall–Kier alpha value is -1.69. The van der Waals surface area contributed by atoms with Crippen LogP contribution in [-0.4, -0.2) is 17.3 Å². The molecule has 0 aliphatic heterocycles. The summed E-state index contributed by atoms with van der Waals surface area (Å²) in [5.74, 6) is 1.39. The molecule has 6 heteroatoms. The zero-order valence-electron chi connectivity index (χ0n) is 10.4. The Morgan fingerprint density at radius 3 is 2.40 bits per heavy atom. The molecule has 0 saturated heterocycles. The van der Waals surface area contributed by atoms with E-state index in [1.54, 1.807) is 0 Å². The average Bonchev–Trinajstić information content (AvgIpc) is 2.44. The van der Waals surface area contributed by atoms with Crippen molar-refractivity contribution in [3.63, 3.8) is 0 Å². The first-order valence-corrected chi connectivity index (χ1v) is 6.88. The molecule has 1 aromatic heterocycles. The third-order valence-electron chi connectivity index (χ3n) is 2.41. The number of hydrogen-bond donors (Lipinski definition) is 0. The first kappa shape index (κ1) is 14.7. The minimum atomic E-state index is -4.34. The Bertz CT molecular complexity index is 528. The number of alkyl halides is 3. The van der Waals surface area contributed by atoms with Crippen LogP contribution in [0.5, 0.6) is 5.75 Å². The Kier molecular flexibility index (Phi) is 4.89. The first-order chi connectivity index (χ1) is 9.55. The van der Waals surface area contributed by atoms with Crippen molar-refractivity contribution in [1.29, 1.82) is 0 Å². The molecule has 2 rings (SSSR count). The fraction of sp³-hybridized carbons (Fsp3) is 0.214. The van der Waals surface area contributed by atoms with Gasteiger partial charge in [0.05, 0.1) is 17.2 Å². The van der Waals surface area contributed by atoms with Gasteiger partial charge in [0.25, 0.3) is 0 Å². The second-order valence-electron chi connectivity index (χ2n) is 3.89. The van der Waals surface area contributed by atoms with Crippen LogP contribution < -0.4 is 4.74 Å². The molecule has 0 spiro atoms. The predicted molar refractivity (Wildman–Crippen MR) is 71.9 cm³/mol. The number of hydrogen-bond acceptors (Lipinski definition) is 3. The van der Waals surface area contributed by atoms with E-state index >= 15 is 0 Å². The fourth-order valence-electron chi connectivity index (χ4n) is 1.46. The molecule has 0 amide bonds. The molecule has 1 heterocycles. The van der Waals surface area contributed by atoms with Crippen LogP contribution in [0.4, 0.5) is 13.2 Å². The van der Waals surface area contributed by atoms with E-state index in [1.165, 1.54) is 17.8 Å². The molecule has 0 N–H and O–H groups in total. The van der Waals surface area contributed by atoms with E-state index in [0.717, 1.165) is 18.0 Å². The minimum Gasteiger partial charge on any atom is -0.493 e. The summed E-state index contributed by atoms with van der Waals surface area (Å²) >= 11 is 1.36. The molecule has 0 bridgehead atoms. The molecule has 0 fully saturated rings. The minimum absolute atomic E-state index is 0.470. The van der Waals surface area contributed by atoms with Gasteiger partial charge in [-0.15, -0.1) is 11.8 Å². The smallest absolute Gasteiger partial charge is 0.417 e. The standard InChI is InChI=1S/C14H12F3NOS/c15-14(16,17)11-6-7-13(18-10-11)20-9-8-19-12-4-2-1-3-5-12/h1-7,10H,8-9H2. The van der Waals surface area contributed by atoms with Gasteiger partial charge < -0.3 is 4.74 Å². The highest BCUT2D eigenvalue weighted by Crippen LogP contribution is 2.29. The number of rotatable bonds is 5. The Morgan fingerprint density at radius 2 is 1.80 bits per heavy atom. The molecule has 106 valence electrons. The van der Waals surface area contributed by atoms with E-state index in [1.807, 2.05) is 30.3 Å². The molecule has 0 saturated carbocycles. The highest BCUT2D eigenvalue weighted by molar-refractivity contribution is 7.99. The van der Waals surface area contributed by atoms with Gasteiger partial charge in [-0.2, -0.15) is 13.2 Å². The lowest BCUT2D eigenvalue weighted by Gasteiger charge is -2.07. The maximum absolute atomic E-state index is 12.3. The topological polar surface area (TPSA) is 22.1 Å². The van der Waals surface area contributed by atoms with Crippen molar-refractivity contribution >= 4 is 11.8 Å². The molecule has 2 nitrogen and oxygen atoms in total. The van der Waals surface area contributed by atoms with Gasteiger partial charge in [-0.05, 0) is 24.3 Å². The second-order valence-corrected chi connectivity index (χ2v) is 5.01. The van der Waals surface area contributed by atoms with Crippen molar-refractivity contribution in [2.45, 2.75) is 11.2 Å². The number of thioether (sulfide) groups is 1. The Morgan fingerprint density at radius 1 is 1.05 bits per heavy atom. The van der Waals surface area contributed by atoms with Crippen molar-refractivity contribution in [2.75, 3.05) is 12.4 Å². The SMILES string of the molecule is FC(F)(F)c1ccc(SCCOc2ccccc2)nc1. The van der Waals surface area contributed by atoms with E-state index < -0.39 is 11.7 Å². The molecule has 0 atom stereocenters. The molecule has 1 aromatic carbocycles. The van der Waals surface area contributed by atoms with Crippen LogP contribution in [0.25, 0.3) is 0 Å². The summed E-state index contributed by atoms with van der Waals surface area (Å²) in [5, 5.41) is 0.551. The van der Waals surface area contributed by atoms with Gasteiger partial charge in [-0.25, -0.2) is 4.98 Å². The van der Waals surface area contributed by atoms with Gasteiger partial charge in [0.15, 0.2) is 0 Å². The summed E-state index contributed by atoms with van der Waals surface area (Å²) in [5.41, 5.74) is -0.734. The van der Waals surface area contributed by atoms with Gasteiger partial charge in [0, 0.05) is 11.9 Å². The normalized spacial score (nSPS) is 11.3. The zero-order valence-corrected chi connectivity index (χ0v) is 11.2. The maximum Gasteiger partial charge on any atom is 0.417 e. The number of halogens is 3. The zero-order chi connectivity index (χ0) is 14.4. The number of nitrogens with zero attached hydrogens (tertiary/aromatic N) is 1. The van der Waals surface area contributed by atoms with Gasteiger partial charge in [-0.1, -0.05) is 18.2 Å². The lowest BCUT2D eigenvalue weighted by atomic mass is 10.3. The van der Waals surface area contributed by atoms with E-state index in [4.69, 9.17) is 4.74 Å². The molecule has 0 aliphatic carbocycles. The summed E-state index contributed by atoms with van der Waals surface area (Å²) < 4.78 is 42.5. The quantitative estimate of drug-likeness (QED) is 0.608. The molecular formula is C14H12F3NOS. The molecule has 2 aromatic rings. The molecule has 0 aliphatic rings. The number of benzene rings is 1. The maximum atomic E-state index is 12.3. The lowest BCUT2D eigenvalue weighted by Crippen LogP contribution is -2.05. The van der Waals surface area contributed by atoms with E-state index in [2.05, 4.69) is 4.98 Å². The fourth-order valence-corrected chi connectivity index (χ4v) is 2.12. The van der Waals surface area contributed by atoms with Crippen LogP contribution >= 0.6 is 11.8 Å². The van der Waals surface area contributed by atoms with Gasteiger partial charge in [0.2, 0.25) is 0 Å². The third kappa shape index (κ3) is 4.45. The molecule has 20 heavy (non-hydrogen) atoms. The Labute approximate surface area is 119 Å². The summed E-state index contributed by atoms with van der Waals surface area (Å²) in [6.45, 7) is 0.470. The summed E-state index contributed by atoms with van der Waals surface area (Å²) in [7, 11) is 0. The van der Waals surface area contributed by atoms with E-state index in [0.29, 0.717) is 17.4 Å². The van der Waals surface area contributed by atoms with Crippen LogP contribution in [0.2, 0.25) is 0 Å².